The molecule has 0 radical (unpaired) electrons. The topological polar surface area (TPSA) is 34.1 Å². The number of rotatable bonds is 3. The fourth-order valence-corrected chi connectivity index (χ4v) is 1.15. The monoisotopic (exact) mass is 166 g/mol. The van der Waals surface area contributed by atoms with Crippen LogP contribution in [0.2, 0.25) is 0 Å². The molecule has 0 aromatic rings. The normalized spacial score (nSPS) is 15.9. The van der Waals surface area contributed by atoms with Crippen LogP contribution in [0.1, 0.15) is 13.8 Å². The Balaban J connectivity index is 4.35. The summed E-state index contributed by atoms with van der Waals surface area (Å²) in [7, 11) is -3.51. The molecule has 0 rings (SSSR count). The Morgan fingerprint density at radius 3 is 2.40 bits per heavy atom. The Hall–Kier alpha value is -0.380. The van der Waals surface area contributed by atoms with Gasteiger partial charge in [0, 0.05) is 0 Å². The molecule has 0 saturated heterocycles. The Morgan fingerprint density at radius 2 is 2.10 bits per heavy atom. The van der Waals surface area contributed by atoms with Gasteiger partial charge in [-0.25, -0.2) is 12.8 Å². The number of halogens is 1. The highest BCUT2D eigenvalue weighted by Crippen LogP contribution is 2.04. The van der Waals surface area contributed by atoms with E-state index in [2.05, 4.69) is 0 Å². The summed E-state index contributed by atoms with van der Waals surface area (Å²) in [6.45, 7) is 3.00. The molecule has 60 valence electrons. The summed E-state index contributed by atoms with van der Waals surface area (Å²) in [4.78, 5) is 0. The summed E-state index contributed by atoms with van der Waals surface area (Å²) in [5, 5.41) is 0. The fraction of sp³-hybridized carbons (Fsp3) is 0.667. The zero-order valence-corrected chi connectivity index (χ0v) is 6.86. The van der Waals surface area contributed by atoms with Crippen LogP contribution < -0.4 is 0 Å². The van der Waals surface area contributed by atoms with Crippen LogP contribution in [0.25, 0.3) is 0 Å². The van der Waals surface area contributed by atoms with Crippen LogP contribution in [-0.4, -0.2) is 19.7 Å². The average Bonchev–Trinajstić information content (AvgIpc) is 1.89. The van der Waals surface area contributed by atoms with Crippen molar-refractivity contribution in [2.45, 2.75) is 19.4 Å². The largest absolute Gasteiger partial charge is 0.225 e. The Bertz CT molecular complexity index is 206. The van der Waals surface area contributed by atoms with Crippen LogP contribution >= 0.6 is 0 Å². The van der Waals surface area contributed by atoms with E-state index >= 15 is 0 Å². The van der Waals surface area contributed by atoms with Crippen molar-refractivity contribution in [1.29, 1.82) is 0 Å². The smallest absolute Gasteiger partial charge is 0.219 e. The Labute approximate surface area is 60.7 Å². The van der Waals surface area contributed by atoms with Crippen molar-refractivity contribution in [3.05, 3.63) is 12.2 Å². The SMILES string of the molecule is C/C=C/C(F)S(=O)(=O)CC. The van der Waals surface area contributed by atoms with E-state index in [1.54, 1.807) is 6.92 Å². The zero-order valence-electron chi connectivity index (χ0n) is 6.04. The van der Waals surface area contributed by atoms with Crippen molar-refractivity contribution in [2.75, 3.05) is 5.75 Å². The maximum atomic E-state index is 12.5. The molecule has 1 unspecified atom stereocenters. The summed E-state index contributed by atoms with van der Waals surface area (Å²) in [5.41, 5.74) is -1.83. The van der Waals surface area contributed by atoms with E-state index < -0.39 is 15.3 Å². The van der Waals surface area contributed by atoms with E-state index in [0.717, 1.165) is 6.08 Å². The minimum Gasteiger partial charge on any atom is -0.225 e. The molecule has 0 aromatic carbocycles. The number of sulfone groups is 1. The second-order valence-corrected chi connectivity index (χ2v) is 4.18. The fourth-order valence-electron chi connectivity index (χ4n) is 0.430. The molecule has 0 N–H and O–H groups in total. The summed E-state index contributed by atoms with van der Waals surface area (Å²) in [5.74, 6) is -0.154. The van der Waals surface area contributed by atoms with Crippen molar-refractivity contribution in [3.8, 4) is 0 Å². The lowest BCUT2D eigenvalue weighted by molar-refractivity contribution is 0.474. The van der Waals surface area contributed by atoms with Crippen molar-refractivity contribution in [2.24, 2.45) is 0 Å². The number of hydrogen-bond donors (Lipinski definition) is 0. The molecule has 0 saturated carbocycles. The van der Waals surface area contributed by atoms with Crippen molar-refractivity contribution in [3.63, 3.8) is 0 Å². The molecule has 0 aromatic heterocycles. The van der Waals surface area contributed by atoms with Gasteiger partial charge in [0.15, 0.2) is 9.84 Å². The van der Waals surface area contributed by atoms with Gasteiger partial charge in [-0.2, -0.15) is 0 Å². The van der Waals surface area contributed by atoms with E-state index in [1.807, 2.05) is 0 Å². The molecule has 0 fully saturated rings. The number of alkyl halides is 1. The van der Waals surface area contributed by atoms with Crippen molar-refractivity contribution in [1.82, 2.24) is 0 Å². The zero-order chi connectivity index (χ0) is 8.20. The van der Waals surface area contributed by atoms with E-state index in [4.69, 9.17) is 0 Å². The molecule has 0 amide bonds. The molecule has 1 atom stereocenters. The van der Waals surface area contributed by atoms with Crippen molar-refractivity contribution >= 4 is 9.84 Å². The van der Waals surface area contributed by atoms with Gasteiger partial charge in [-0.05, 0) is 13.0 Å². The third-order valence-corrected chi connectivity index (χ3v) is 2.74. The molecular weight excluding hydrogens is 155 g/mol. The predicted octanol–water partition coefficient (Wildman–Crippen LogP) is 1.29. The minimum absolute atomic E-state index is 0.154. The maximum Gasteiger partial charge on any atom is 0.219 e. The summed E-state index contributed by atoms with van der Waals surface area (Å²) >= 11 is 0. The second kappa shape index (κ2) is 3.71. The summed E-state index contributed by atoms with van der Waals surface area (Å²) < 4.78 is 33.8. The van der Waals surface area contributed by atoms with Gasteiger partial charge in [0.25, 0.3) is 0 Å². The predicted molar refractivity (Wildman–Crippen MR) is 39.2 cm³/mol. The molecule has 10 heavy (non-hydrogen) atoms. The lowest BCUT2D eigenvalue weighted by atomic mass is 10.6. The number of allylic oxidation sites excluding steroid dienone is 1. The van der Waals surface area contributed by atoms with Gasteiger partial charge in [-0.15, -0.1) is 0 Å². The molecule has 0 spiro atoms. The third-order valence-electron chi connectivity index (χ3n) is 1.09. The highest BCUT2D eigenvalue weighted by Gasteiger charge is 2.18. The molecule has 0 aliphatic rings. The van der Waals surface area contributed by atoms with Gasteiger partial charge < -0.3 is 0 Å². The minimum atomic E-state index is -3.51. The number of hydrogen-bond acceptors (Lipinski definition) is 2. The van der Waals surface area contributed by atoms with Crippen LogP contribution in [0.4, 0.5) is 4.39 Å². The van der Waals surface area contributed by atoms with Gasteiger partial charge in [0.2, 0.25) is 5.50 Å². The molecule has 0 aliphatic carbocycles. The molecule has 0 aliphatic heterocycles. The van der Waals surface area contributed by atoms with Gasteiger partial charge >= 0.3 is 0 Å². The summed E-state index contributed by atoms with van der Waals surface area (Å²) in [6.07, 6.45) is 2.41. The van der Waals surface area contributed by atoms with Crippen LogP contribution in [0.3, 0.4) is 0 Å². The quantitative estimate of drug-likeness (QED) is 0.592. The van der Waals surface area contributed by atoms with Crippen molar-refractivity contribution < 1.29 is 12.8 Å². The molecule has 2 nitrogen and oxygen atoms in total. The van der Waals surface area contributed by atoms with E-state index in [9.17, 15) is 12.8 Å². The van der Waals surface area contributed by atoms with Gasteiger partial charge in [0.05, 0.1) is 5.75 Å². The average molecular weight is 166 g/mol. The first-order valence-electron chi connectivity index (χ1n) is 3.03. The van der Waals surface area contributed by atoms with Gasteiger partial charge in [0.1, 0.15) is 0 Å². The molecular formula is C6H11FO2S. The van der Waals surface area contributed by atoms with Gasteiger partial charge in [-0.1, -0.05) is 13.0 Å². The Morgan fingerprint density at radius 1 is 1.60 bits per heavy atom. The van der Waals surface area contributed by atoms with E-state index in [-0.39, 0.29) is 5.75 Å². The van der Waals surface area contributed by atoms with Crippen LogP contribution in [0.5, 0.6) is 0 Å². The lowest BCUT2D eigenvalue weighted by Crippen LogP contribution is -2.15. The standard InChI is InChI=1S/C6H11FO2S/c1-3-5-6(7)10(8,9)4-2/h3,5-6H,4H2,1-2H3/b5-3+. The Kier molecular flexibility index (Phi) is 3.57. The maximum absolute atomic E-state index is 12.5. The first-order chi connectivity index (χ1) is 4.54. The summed E-state index contributed by atoms with van der Waals surface area (Å²) in [6, 6.07) is 0. The highest BCUT2D eigenvalue weighted by atomic mass is 32.2. The third kappa shape index (κ3) is 2.47. The first kappa shape index (κ1) is 9.62. The van der Waals surface area contributed by atoms with E-state index in [0.29, 0.717) is 0 Å². The lowest BCUT2D eigenvalue weighted by Gasteiger charge is -2.00. The second-order valence-electron chi connectivity index (χ2n) is 1.83. The first-order valence-corrected chi connectivity index (χ1v) is 4.74. The van der Waals surface area contributed by atoms with Crippen LogP contribution in [-0.2, 0) is 9.84 Å². The molecule has 0 heterocycles. The van der Waals surface area contributed by atoms with E-state index in [1.165, 1.54) is 13.0 Å². The van der Waals surface area contributed by atoms with Crippen LogP contribution in [0.15, 0.2) is 12.2 Å². The molecule has 0 bridgehead atoms. The van der Waals surface area contributed by atoms with Gasteiger partial charge in [-0.3, -0.25) is 0 Å². The molecule has 4 heteroatoms. The van der Waals surface area contributed by atoms with Crippen LogP contribution in [0, 0.1) is 0 Å². The highest BCUT2D eigenvalue weighted by molar-refractivity contribution is 7.91.